The van der Waals surface area contributed by atoms with Crippen molar-refractivity contribution in [3.63, 3.8) is 0 Å². The fourth-order valence-corrected chi connectivity index (χ4v) is 3.16. The molecule has 0 bridgehead atoms. The minimum atomic E-state index is -0.646. The molecule has 144 valence electrons. The zero-order chi connectivity index (χ0) is 19.2. The number of hydrogen-bond acceptors (Lipinski definition) is 5. The van der Waals surface area contributed by atoms with Gasteiger partial charge in [-0.25, -0.2) is 0 Å². The van der Waals surface area contributed by atoms with Crippen LogP contribution in [0.25, 0.3) is 0 Å². The average Bonchev–Trinajstić information content (AvgIpc) is 3.52. The fourth-order valence-electron chi connectivity index (χ4n) is 3.16. The van der Waals surface area contributed by atoms with Gasteiger partial charge in [-0.15, -0.1) is 0 Å². The quantitative estimate of drug-likeness (QED) is 0.629. The zero-order valence-corrected chi connectivity index (χ0v) is 15.9. The lowest BCUT2D eigenvalue weighted by atomic mass is 10.0. The van der Waals surface area contributed by atoms with E-state index in [0.717, 1.165) is 0 Å². The van der Waals surface area contributed by atoms with Crippen molar-refractivity contribution in [1.29, 1.82) is 0 Å². The third-order valence-corrected chi connectivity index (χ3v) is 4.83. The molecule has 5 nitrogen and oxygen atoms in total. The molecule has 0 aliphatic heterocycles. The smallest absolute Gasteiger partial charge is 0.161 e. The van der Waals surface area contributed by atoms with Crippen LogP contribution in [-0.4, -0.2) is 37.3 Å². The van der Waals surface area contributed by atoms with E-state index in [-0.39, 0.29) is 18.4 Å². The topological polar surface area (TPSA) is 67.8 Å². The minimum absolute atomic E-state index is 0.0314. The van der Waals surface area contributed by atoms with Gasteiger partial charge in [-0.1, -0.05) is 30.3 Å². The Kier molecular flexibility index (Phi) is 6.48. The number of Topliss-reactive ketones (excluding diaryl/α,β-unsaturated/α-hetero) is 1. The van der Waals surface area contributed by atoms with Crippen molar-refractivity contribution in [3.8, 4) is 11.5 Å². The van der Waals surface area contributed by atoms with Crippen LogP contribution >= 0.6 is 0 Å². The van der Waals surface area contributed by atoms with Gasteiger partial charge in [0.2, 0.25) is 0 Å². The van der Waals surface area contributed by atoms with Crippen LogP contribution < -0.4 is 14.8 Å². The van der Waals surface area contributed by atoms with Crippen LogP contribution in [0.3, 0.4) is 0 Å². The molecule has 1 aliphatic rings. The number of aliphatic hydroxyl groups is 1. The second-order valence-electron chi connectivity index (χ2n) is 7.02. The SMILES string of the molecule is COc1cc(C(C)=O)ccc1OC[C@H](O)CN[C@H](c1ccccc1)C1CC1. The van der Waals surface area contributed by atoms with Gasteiger partial charge in [0.05, 0.1) is 7.11 Å². The maximum absolute atomic E-state index is 11.5. The van der Waals surface area contributed by atoms with Crippen LogP contribution in [0.1, 0.15) is 41.7 Å². The highest BCUT2D eigenvalue weighted by atomic mass is 16.5. The van der Waals surface area contributed by atoms with Crippen LogP contribution in [0.2, 0.25) is 0 Å². The monoisotopic (exact) mass is 369 g/mol. The van der Waals surface area contributed by atoms with Gasteiger partial charge in [0.15, 0.2) is 17.3 Å². The average molecular weight is 369 g/mol. The Hall–Kier alpha value is -2.37. The largest absolute Gasteiger partial charge is 0.493 e. The van der Waals surface area contributed by atoms with Crippen molar-refractivity contribution in [1.82, 2.24) is 5.32 Å². The molecule has 1 saturated carbocycles. The number of aliphatic hydroxyl groups excluding tert-OH is 1. The third kappa shape index (κ3) is 5.31. The number of carbonyl (C=O) groups is 1. The molecular formula is C22H27NO4. The zero-order valence-electron chi connectivity index (χ0n) is 15.9. The molecule has 0 amide bonds. The second kappa shape index (κ2) is 9.02. The number of carbonyl (C=O) groups excluding carboxylic acids is 1. The van der Waals surface area contributed by atoms with E-state index >= 15 is 0 Å². The van der Waals surface area contributed by atoms with Crippen LogP contribution in [-0.2, 0) is 0 Å². The van der Waals surface area contributed by atoms with Crippen molar-refractivity contribution < 1.29 is 19.4 Å². The molecule has 0 heterocycles. The van der Waals surface area contributed by atoms with Crippen molar-refractivity contribution >= 4 is 5.78 Å². The molecule has 27 heavy (non-hydrogen) atoms. The molecule has 5 heteroatoms. The Morgan fingerprint density at radius 3 is 2.56 bits per heavy atom. The normalized spacial score (nSPS) is 15.8. The van der Waals surface area contributed by atoms with E-state index in [2.05, 4.69) is 17.4 Å². The van der Waals surface area contributed by atoms with Crippen molar-refractivity contribution in [2.24, 2.45) is 5.92 Å². The summed E-state index contributed by atoms with van der Waals surface area (Å²) < 4.78 is 11.0. The summed E-state index contributed by atoms with van der Waals surface area (Å²) in [6.45, 7) is 2.10. The molecule has 1 fully saturated rings. The van der Waals surface area contributed by atoms with Crippen molar-refractivity contribution in [2.75, 3.05) is 20.3 Å². The van der Waals surface area contributed by atoms with Gasteiger partial charge in [0.1, 0.15) is 12.7 Å². The van der Waals surface area contributed by atoms with Gasteiger partial charge >= 0.3 is 0 Å². The summed E-state index contributed by atoms with van der Waals surface area (Å²) in [5, 5.41) is 13.8. The number of methoxy groups -OCH3 is 1. The summed E-state index contributed by atoms with van der Waals surface area (Å²) >= 11 is 0. The lowest BCUT2D eigenvalue weighted by molar-refractivity contribution is 0.0998. The van der Waals surface area contributed by atoms with Crippen LogP contribution in [0.4, 0.5) is 0 Å². The molecule has 2 aromatic rings. The first-order chi connectivity index (χ1) is 13.1. The van der Waals surface area contributed by atoms with Crippen molar-refractivity contribution in [2.45, 2.75) is 31.9 Å². The molecule has 2 N–H and O–H groups in total. The van der Waals surface area contributed by atoms with E-state index in [1.54, 1.807) is 18.2 Å². The molecule has 0 radical (unpaired) electrons. The highest BCUT2D eigenvalue weighted by Crippen LogP contribution is 2.40. The van der Waals surface area contributed by atoms with Gasteiger partial charge in [-0.3, -0.25) is 4.79 Å². The van der Waals surface area contributed by atoms with E-state index in [0.29, 0.717) is 29.5 Å². The number of ketones is 1. The molecule has 1 aliphatic carbocycles. The highest BCUT2D eigenvalue weighted by Gasteiger charge is 2.32. The lowest BCUT2D eigenvalue weighted by Gasteiger charge is -2.21. The Labute approximate surface area is 160 Å². The summed E-state index contributed by atoms with van der Waals surface area (Å²) in [5.41, 5.74) is 1.83. The van der Waals surface area contributed by atoms with Crippen LogP contribution in [0, 0.1) is 5.92 Å². The van der Waals surface area contributed by atoms with Gasteiger partial charge in [0, 0.05) is 18.2 Å². The second-order valence-corrected chi connectivity index (χ2v) is 7.02. The lowest BCUT2D eigenvalue weighted by Crippen LogP contribution is -2.34. The van der Waals surface area contributed by atoms with Gasteiger partial charge in [0.25, 0.3) is 0 Å². The molecule has 3 rings (SSSR count). The predicted molar refractivity (Wildman–Crippen MR) is 104 cm³/mol. The molecule has 2 atom stereocenters. The minimum Gasteiger partial charge on any atom is -0.493 e. The molecule has 0 unspecified atom stereocenters. The highest BCUT2D eigenvalue weighted by molar-refractivity contribution is 5.94. The van der Waals surface area contributed by atoms with Crippen LogP contribution in [0.5, 0.6) is 11.5 Å². The van der Waals surface area contributed by atoms with Crippen LogP contribution in [0.15, 0.2) is 48.5 Å². The van der Waals surface area contributed by atoms with E-state index in [1.807, 2.05) is 18.2 Å². The first-order valence-corrected chi connectivity index (χ1v) is 9.36. The Morgan fingerprint density at radius 2 is 1.93 bits per heavy atom. The van der Waals surface area contributed by atoms with E-state index in [4.69, 9.17) is 9.47 Å². The first kappa shape index (κ1) is 19.4. The van der Waals surface area contributed by atoms with Crippen molar-refractivity contribution in [3.05, 3.63) is 59.7 Å². The number of rotatable bonds is 10. The predicted octanol–water partition coefficient (Wildman–Crippen LogP) is 3.38. The molecule has 0 aromatic heterocycles. The molecule has 2 aromatic carbocycles. The van der Waals surface area contributed by atoms with Gasteiger partial charge < -0.3 is 19.9 Å². The standard InChI is InChI=1S/C22H27NO4/c1-15(24)18-10-11-20(21(12-18)26-2)27-14-19(25)13-23-22(17-8-9-17)16-6-4-3-5-7-16/h3-7,10-12,17,19,22-23,25H,8-9,13-14H2,1-2H3/t19-,22-/m1/s1. The summed E-state index contributed by atoms with van der Waals surface area (Å²) in [4.78, 5) is 11.5. The number of benzene rings is 2. The number of ether oxygens (including phenoxy) is 2. The summed E-state index contributed by atoms with van der Waals surface area (Å²) in [6.07, 6.45) is 1.80. The van der Waals surface area contributed by atoms with E-state index < -0.39 is 6.10 Å². The maximum Gasteiger partial charge on any atom is 0.161 e. The van der Waals surface area contributed by atoms with E-state index in [9.17, 15) is 9.90 Å². The Balaban J connectivity index is 1.53. The first-order valence-electron chi connectivity index (χ1n) is 9.36. The summed E-state index contributed by atoms with van der Waals surface area (Å²) in [5.74, 6) is 1.61. The number of nitrogens with one attached hydrogen (secondary N) is 1. The molecular weight excluding hydrogens is 342 g/mol. The summed E-state index contributed by atoms with van der Waals surface area (Å²) in [6, 6.07) is 15.7. The summed E-state index contributed by atoms with van der Waals surface area (Å²) in [7, 11) is 1.53. The Morgan fingerprint density at radius 1 is 1.19 bits per heavy atom. The van der Waals surface area contributed by atoms with Gasteiger partial charge in [-0.05, 0) is 49.4 Å². The van der Waals surface area contributed by atoms with Gasteiger partial charge in [-0.2, -0.15) is 0 Å². The third-order valence-electron chi connectivity index (χ3n) is 4.83. The maximum atomic E-state index is 11.5. The molecule has 0 saturated heterocycles. The fraction of sp³-hybridized carbons (Fsp3) is 0.409. The molecule has 0 spiro atoms. The van der Waals surface area contributed by atoms with E-state index in [1.165, 1.54) is 32.4 Å². The Bertz CT molecular complexity index is 758. The number of hydrogen-bond donors (Lipinski definition) is 2.